The van der Waals surface area contributed by atoms with Crippen LogP contribution in [0.4, 0.5) is 0 Å². The summed E-state index contributed by atoms with van der Waals surface area (Å²) < 4.78 is 54.6. The van der Waals surface area contributed by atoms with Crippen LogP contribution in [0, 0.1) is 0 Å². The summed E-state index contributed by atoms with van der Waals surface area (Å²) in [5.74, 6) is 1.79. The number of amides is 3. The van der Waals surface area contributed by atoms with Crippen molar-refractivity contribution in [1.29, 1.82) is 0 Å². The van der Waals surface area contributed by atoms with Gasteiger partial charge < -0.3 is 16.0 Å². The first-order chi connectivity index (χ1) is 44.1. The Kier molecular flexibility index (Phi) is 22.1. The summed E-state index contributed by atoms with van der Waals surface area (Å²) >= 11 is 0. The second-order valence-corrected chi connectivity index (χ2v) is 28.0. The Balaban J connectivity index is 0.000000150. The first-order valence-corrected chi connectivity index (χ1v) is 35.3. The molecule has 6 heterocycles. The van der Waals surface area contributed by atoms with E-state index in [-0.39, 0.29) is 47.4 Å². The molecular weight excluding hydrogens is 1200 g/mol. The number of rotatable bonds is 18. The van der Waals surface area contributed by atoms with Crippen molar-refractivity contribution < 1.29 is 31.2 Å². The molecule has 0 saturated heterocycles. The topological polar surface area (TPSA) is 209 Å². The molecule has 3 aliphatic heterocycles. The van der Waals surface area contributed by atoms with Gasteiger partial charge in [0.25, 0.3) is 0 Å². The first kappa shape index (κ1) is 64.8. The van der Waals surface area contributed by atoms with Gasteiger partial charge in [0.15, 0.2) is 9.84 Å². The Labute approximate surface area is 537 Å². The van der Waals surface area contributed by atoms with Crippen molar-refractivity contribution in [2.24, 2.45) is 0 Å². The van der Waals surface area contributed by atoms with Crippen LogP contribution in [0.5, 0.6) is 0 Å². The van der Waals surface area contributed by atoms with Crippen LogP contribution in [-0.2, 0) is 102 Å². The third-order valence-electron chi connectivity index (χ3n) is 16.0. The second kappa shape index (κ2) is 31.0. The molecule has 9 aromatic rings. The predicted octanol–water partition coefficient (Wildman–Crippen LogP) is 10.5. The lowest BCUT2D eigenvalue weighted by atomic mass is 10.1. The Hall–Kier alpha value is -9.17. The summed E-state index contributed by atoms with van der Waals surface area (Å²) in [6.45, 7) is 7.74. The Morgan fingerprint density at radius 2 is 0.725 bits per heavy atom. The quantitative estimate of drug-likeness (QED) is 0.0692. The summed E-state index contributed by atoms with van der Waals surface area (Å²) in [6.07, 6.45) is 11.5. The van der Waals surface area contributed by atoms with Crippen molar-refractivity contribution in [1.82, 2.24) is 45.3 Å². The van der Waals surface area contributed by atoms with Crippen LogP contribution >= 0.6 is 0 Å². The molecule has 0 spiro atoms. The van der Waals surface area contributed by atoms with E-state index in [1.165, 1.54) is 29.4 Å². The molecule has 0 bridgehead atoms. The van der Waals surface area contributed by atoms with E-state index in [9.17, 15) is 31.2 Å². The Bertz CT molecular complexity index is 4030. The summed E-state index contributed by atoms with van der Waals surface area (Å²) in [6, 6.07) is 59.4. The van der Waals surface area contributed by atoms with E-state index in [4.69, 9.17) is 10.2 Å². The third-order valence-corrected chi connectivity index (χ3v) is 20.1. The summed E-state index contributed by atoms with van der Waals surface area (Å²) in [7, 11) is -4.92. The maximum absolute atomic E-state index is 12.4. The molecular formula is C72H75N9O7S3. The van der Waals surface area contributed by atoms with E-state index < -0.39 is 31.4 Å². The molecule has 16 nitrogen and oxygen atoms in total. The van der Waals surface area contributed by atoms with Gasteiger partial charge in [-0.2, -0.15) is 15.3 Å². The van der Waals surface area contributed by atoms with E-state index in [1.54, 1.807) is 18.2 Å². The van der Waals surface area contributed by atoms with Gasteiger partial charge in [0.1, 0.15) is 0 Å². The minimum atomic E-state index is -3.16. The van der Waals surface area contributed by atoms with Crippen LogP contribution in [0.3, 0.4) is 0 Å². The number of carbonyl (C=O) groups excluding carboxylic acids is 3. The fourth-order valence-electron chi connectivity index (χ4n) is 11.2. The molecule has 6 aromatic carbocycles. The number of sulfone groups is 1. The molecule has 3 aromatic heterocycles. The van der Waals surface area contributed by atoms with E-state index in [0.29, 0.717) is 60.3 Å². The van der Waals surface area contributed by atoms with E-state index in [1.807, 2.05) is 193 Å². The van der Waals surface area contributed by atoms with Crippen molar-refractivity contribution >= 4 is 67.4 Å². The van der Waals surface area contributed by atoms with Crippen LogP contribution in [0.15, 0.2) is 200 Å². The number of benzene rings is 6. The highest BCUT2D eigenvalue weighted by Crippen LogP contribution is 2.29. The van der Waals surface area contributed by atoms with Gasteiger partial charge in [0.2, 0.25) is 17.7 Å². The lowest BCUT2D eigenvalue weighted by Crippen LogP contribution is -2.24. The smallest absolute Gasteiger partial charge is 0.244 e. The highest BCUT2D eigenvalue weighted by Gasteiger charge is 2.29. The molecule has 91 heavy (non-hydrogen) atoms. The van der Waals surface area contributed by atoms with E-state index in [2.05, 4.69) is 45.3 Å². The predicted molar refractivity (Wildman–Crippen MR) is 361 cm³/mol. The second-order valence-electron chi connectivity index (χ2n) is 22.7. The van der Waals surface area contributed by atoms with Crippen LogP contribution < -0.4 is 16.0 Å². The maximum Gasteiger partial charge on any atom is 0.244 e. The van der Waals surface area contributed by atoms with Gasteiger partial charge in [-0.3, -0.25) is 36.8 Å². The lowest BCUT2D eigenvalue weighted by Gasteiger charge is -2.15. The molecule has 3 N–H and O–H groups in total. The molecule has 2 unspecified atom stereocenters. The van der Waals surface area contributed by atoms with Gasteiger partial charge in [0.05, 0.1) is 77.9 Å². The molecule has 0 fully saturated rings. The third kappa shape index (κ3) is 18.0. The zero-order chi connectivity index (χ0) is 63.7. The number of nitrogens with zero attached hydrogens (tertiary/aromatic N) is 6. The summed E-state index contributed by atoms with van der Waals surface area (Å²) in [5.41, 5.74) is 14.4. The highest BCUT2D eigenvalue weighted by atomic mass is 32.2. The molecule has 5 atom stereocenters. The Morgan fingerprint density at radius 1 is 0.440 bits per heavy atom. The van der Waals surface area contributed by atoms with Gasteiger partial charge in [0, 0.05) is 104 Å². The standard InChI is InChI=1S/C24H25N3O3S.2C24H25N3O2S/c1-18(20-10-6-3-7-11-20)25-24(28)13-12-22-21-17-31(29,30)15-14-23(21)27(26-22)16-19-8-4-2-5-9-19;2*1-18(20-10-6-3-7-11-20)25-24(28)13-12-22-21-17-30(29)15-14-23(21)27(26-22)16-19-8-4-2-5-9-19/h2-13,18H,14-17H2,1H3,(H,25,28);2*2-13,18H,14-17H2,1H3,(H,25,28)/b3*13-12+/t18-;2*18-,30?/m010/s1. The Morgan fingerprint density at radius 3 is 1.04 bits per heavy atom. The van der Waals surface area contributed by atoms with Crippen molar-refractivity contribution in [2.75, 3.05) is 17.3 Å². The fourth-order valence-corrected chi connectivity index (χ4v) is 15.0. The minimum absolute atomic E-state index is 0.0428. The van der Waals surface area contributed by atoms with Crippen molar-refractivity contribution in [3.8, 4) is 0 Å². The average molecular weight is 1270 g/mol. The summed E-state index contributed by atoms with van der Waals surface area (Å²) in [4.78, 5) is 37.3. The summed E-state index contributed by atoms with van der Waals surface area (Å²) in [5, 5.41) is 23.0. The van der Waals surface area contributed by atoms with Crippen LogP contribution in [-0.4, -0.2) is 81.2 Å². The average Bonchev–Trinajstić information content (AvgIpc) is 1.69. The zero-order valence-corrected chi connectivity index (χ0v) is 53.7. The van der Waals surface area contributed by atoms with E-state index >= 15 is 0 Å². The SMILES string of the molecule is C[C@@H](NC(=O)/C=C/c1nn(Cc2ccccc2)c2c1CS(=O)CC2)c1ccccc1.C[C@H](NC(=O)/C=C/c1nn(Cc2ccccc2)c2c1CS(=O)(=O)CC2)c1ccccc1.C[C@H](NC(=O)/C=C/c1nn(Cc2ccccc2)c2c1CS(=O)CC2)c1ccccc1. The normalized spacial score (nSPS) is 16.6. The lowest BCUT2D eigenvalue weighted by molar-refractivity contribution is -0.117. The number of hydrogen-bond acceptors (Lipinski definition) is 10. The zero-order valence-electron chi connectivity index (χ0n) is 51.3. The molecule has 3 amide bonds. The molecule has 0 saturated carbocycles. The molecule has 0 radical (unpaired) electrons. The number of fused-ring (bicyclic) bond motifs is 3. The van der Waals surface area contributed by atoms with E-state index in [0.717, 1.165) is 74.7 Å². The molecule has 468 valence electrons. The van der Waals surface area contributed by atoms with Gasteiger partial charge in [-0.25, -0.2) is 8.42 Å². The molecule has 3 aliphatic rings. The van der Waals surface area contributed by atoms with Crippen LogP contribution in [0.1, 0.15) is 123 Å². The van der Waals surface area contributed by atoms with Crippen molar-refractivity contribution in [3.63, 3.8) is 0 Å². The minimum Gasteiger partial charge on any atom is -0.346 e. The van der Waals surface area contributed by atoms with Crippen molar-refractivity contribution in [2.45, 2.75) is 95.1 Å². The highest BCUT2D eigenvalue weighted by molar-refractivity contribution is 7.90. The number of hydrogen-bond donors (Lipinski definition) is 3. The van der Waals surface area contributed by atoms with Gasteiger partial charge in [-0.05, 0) is 72.4 Å². The largest absolute Gasteiger partial charge is 0.346 e. The van der Waals surface area contributed by atoms with Crippen LogP contribution in [0.25, 0.3) is 18.2 Å². The first-order valence-electron chi connectivity index (χ1n) is 30.5. The molecule has 0 aliphatic carbocycles. The van der Waals surface area contributed by atoms with Gasteiger partial charge >= 0.3 is 0 Å². The van der Waals surface area contributed by atoms with Gasteiger partial charge in [-0.15, -0.1) is 0 Å². The van der Waals surface area contributed by atoms with Crippen LogP contribution in [0.2, 0.25) is 0 Å². The number of aromatic nitrogens is 6. The fraction of sp³-hybridized carbons (Fsp3) is 0.250. The maximum atomic E-state index is 12.4. The van der Waals surface area contributed by atoms with Crippen molar-refractivity contribution in [3.05, 3.63) is 284 Å². The number of carbonyl (C=O) groups is 3. The van der Waals surface area contributed by atoms with Gasteiger partial charge in [-0.1, -0.05) is 182 Å². The number of nitrogens with one attached hydrogen (secondary N) is 3. The monoisotopic (exact) mass is 1270 g/mol. The molecule has 12 rings (SSSR count). The molecule has 19 heteroatoms.